The molecule has 1 unspecified atom stereocenters. The Kier molecular flexibility index (Phi) is 2.48. The van der Waals surface area contributed by atoms with E-state index >= 15 is 0 Å². The topological polar surface area (TPSA) is 55.1 Å². The van der Waals surface area contributed by atoms with Crippen LogP contribution in [0.25, 0.3) is 0 Å². The van der Waals surface area contributed by atoms with Crippen molar-refractivity contribution in [1.82, 2.24) is 0 Å². The summed E-state index contributed by atoms with van der Waals surface area (Å²) < 4.78 is 0. The molecule has 0 spiro atoms. The SMILES string of the molecule is CC1Nc2c(CN)cccc2SC1=O. The maximum Gasteiger partial charge on any atom is 0.215 e. The number of rotatable bonds is 1. The molecule has 1 aromatic carbocycles. The zero-order chi connectivity index (χ0) is 10.1. The van der Waals surface area contributed by atoms with Gasteiger partial charge in [-0.05, 0) is 30.3 Å². The lowest BCUT2D eigenvalue weighted by Crippen LogP contribution is -2.28. The number of para-hydroxylation sites is 1. The van der Waals surface area contributed by atoms with Crippen LogP contribution in [0.3, 0.4) is 0 Å². The van der Waals surface area contributed by atoms with Crippen molar-refractivity contribution >= 4 is 22.6 Å². The Labute approximate surface area is 87.1 Å². The number of carbonyl (C=O) groups is 1. The Hall–Kier alpha value is -1.00. The second-order valence-electron chi connectivity index (χ2n) is 3.28. The van der Waals surface area contributed by atoms with Crippen LogP contribution >= 0.6 is 11.8 Å². The molecule has 0 fully saturated rings. The van der Waals surface area contributed by atoms with Gasteiger partial charge in [-0.1, -0.05) is 12.1 Å². The molecule has 0 aliphatic carbocycles. The summed E-state index contributed by atoms with van der Waals surface area (Å²) in [5, 5.41) is 3.34. The summed E-state index contributed by atoms with van der Waals surface area (Å²) in [4.78, 5) is 12.4. The molecule has 74 valence electrons. The lowest BCUT2D eigenvalue weighted by molar-refractivity contribution is -0.111. The van der Waals surface area contributed by atoms with Crippen LogP contribution in [0.4, 0.5) is 5.69 Å². The van der Waals surface area contributed by atoms with Gasteiger partial charge in [0.15, 0.2) is 0 Å². The van der Waals surface area contributed by atoms with Crippen molar-refractivity contribution in [1.29, 1.82) is 0 Å². The quantitative estimate of drug-likeness (QED) is 0.735. The summed E-state index contributed by atoms with van der Waals surface area (Å²) in [5.41, 5.74) is 7.70. The number of fused-ring (bicyclic) bond motifs is 1. The van der Waals surface area contributed by atoms with Gasteiger partial charge in [-0.2, -0.15) is 0 Å². The van der Waals surface area contributed by atoms with Crippen molar-refractivity contribution < 1.29 is 4.79 Å². The average molecular weight is 208 g/mol. The van der Waals surface area contributed by atoms with Gasteiger partial charge in [0.05, 0.1) is 11.7 Å². The molecule has 3 nitrogen and oxygen atoms in total. The number of nitrogens with one attached hydrogen (secondary N) is 1. The molecule has 0 radical (unpaired) electrons. The van der Waals surface area contributed by atoms with Gasteiger partial charge in [-0.3, -0.25) is 4.79 Å². The van der Waals surface area contributed by atoms with E-state index in [1.54, 1.807) is 0 Å². The van der Waals surface area contributed by atoms with Gasteiger partial charge < -0.3 is 11.1 Å². The smallest absolute Gasteiger partial charge is 0.215 e. The zero-order valence-corrected chi connectivity index (χ0v) is 8.73. The van der Waals surface area contributed by atoms with E-state index in [2.05, 4.69) is 5.32 Å². The largest absolute Gasteiger partial charge is 0.374 e. The predicted octanol–water partition coefficient (Wildman–Crippen LogP) is 1.58. The van der Waals surface area contributed by atoms with Crippen molar-refractivity contribution in [2.75, 3.05) is 5.32 Å². The van der Waals surface area contributed by atoms with Crippen molar-refractivity contribution in [3.05, 3.63) is 23.8 Å². The number of thioether (sulfide) groups is 1. The second kappa shape index (κ2) is 3.63. The Morgan fingerprint density at radius 3 is 3.07 bits per heavy atom. The van der Waals surface area contributed by atoms with E-state index in [0.717, 1.165) is 16.1 Å². The standard InChI is InChI=1S/C10H12N2OS/c1-6-10(13)14-8-4-2-3-7(5-11)9(8)12-6/h2-4,6,12H,5,11H2,1H3. The first-order chi connectivity index (χ1) is 6.72. The number of carbonyl (C=O) groups excluding carboxylic acids is 1. The molecule has 0 saturated heterocycles. The van der Waals surface area contributed by atoms with Crippen LogP contribution in [0.5, 0.6) is 0 Å². The highest BCUT2D eigenvalue weighted by Gasteiger charge is 2.23. The normalized spacial score (nSPS) is 20.1. The fourth-order valence-electron chi connectivity index (χ4n) is 1.47. The van der Waals surface area contributed by atoms with E-state index in [4.69, 9.17) is 5.73 Å². The van der Waals surface area contributed by atoms with Crippen LogP contribution in [-0.4, -0.2) is 11.2 Å². The van der Waals surface area contributed by atoms with Crippen molar-refractivity contribution in [3.8, 4) is 0 Å². The van der Waals surface area contributed by atoms with Gasteiger partial charge >= 0.3 is 0 Å². The van der Waals surface area contributed by atoms with Crippen LogP contribution < -0.4 is 11.1 Å². The molecule has 1 aliphatic heterocycles. The fraction of sp³-hybridized carbons (Fsp3) is 0.300. The van der Waals surface area contributed by atoms with E-state index in [0.29, 0.717) is 6.54 Å². The molecular weight excluding hydrogens is 196 g/mol. The lowest BCUT2D eigenvalue weighted by atomic mass is 10.1. The van der Waals surface area contributed by atoms with E-state index < -0.39 is 0 Å². The average Bonchev–Trinajstić information content (AvgIpc) is 2.19. The first-order valence-corrected chi connectivity index (χ1v) is 5.34. The molecule has 0 amide bonds. The van der Waals surface area contributed by atoms with Crippen molar-refractivity contribution in [3.63, 3.8) is 0 Å². The number of nitrogens with two attached hydrogens (primary N) is 1. The predicted molar refractivity (Wildman–Crippen MR) is 58.3 cm³/mol. The molecule has 0 aromatic heterocycles. The molecule has 0 bridgehead atoms. The van der Waals surface area contributed by atoms with Crippen LogP contribution in [0.1, 0.15) is 12.5 Å². The molecule has 1 atom stereocenters. The first kappa shape index (κ1) is 9.55. The molecule has 1 aliphatic rings. The van der Waals surface area contributed by atoms with E-state index in [-0.39, 0.29) is 11.2 Å². The van der Waals surface area contributed by atoms with Crippen LogP contribution in [0, 0.1) is 0 Å². The summed E-state index contributed by atoms with van der Waals surface area (Å²) in [7, 11) is 0. The summed E-state index contributed by atoms with van der Waals surface area (Å²) in [5.74, 6) is 0. The van der Waals surface area contributed by atoms with Gasteiger partial charge in [-0.15, -0.1) is 0 Å². The third kappa shape index (κ3) is 1.51. The number of hydrogen-bond donors (Lipinski definition) is 2. The highest BCUT2D eigenvalue weighted by molar-refractivity contribution is 8.14. The Bertz CT molecular complexity index is 378. The van der Waals surface area contributed by atoms with E-state index in [1.165, 1.54) is 11.8 Å². The third-order valence-electron chi connectivity index (χ3n) is 2.26. The Morgan fingerprint density at radius 2 is 2.36 bits per heavy atom. The summed E-state index contributed by atoms with van der Waals surface area (Å²) in [6, 6.07) is 5.73. The number of benzene rings is 1. The minimum Gasteiger partial charge on any atom is -0.374 e. The van der Waals surface area contributed by atoms with E-state index in [9.17, 15) is 4.79 Å². The first-order valence-electron chi connectivity index (χ1n) is 4.52. The molecule has 1 aromatic rings. The summed E-state index contributed by atoms with van der Waals surface area (Å²) >= 11 is 1.29. The number of anilines is 1. The van der Waals surface area contributed by atoms with E-state index in [1.807, 2.05) is 25.1 Å². The monoisotopic (exact) mass is 208 g/mol. The molecule has 3 N–H and O–H groups in total. The maximum atomic E-state index is 11.4. The minimum absolute atomic E-state index is 0.125. The van der Waals surface area contributed by atoms with Gasteiger partial charge in [-0.25, -0.2) is 0 Å². The molecule has 14 heavy (non-hydrogen) atoms. The van der Waals surface area contributed by atoms with Crippen molar-refractivity contribution in [2.45, 2.75) is 24.4 Å². The minimum atomic E-state index is -0.125. The zero-order valence-electron chi connectivity index (χ0n) is 7.91. The van der Waals surface area contributed by atoms with Gasteiger partial charge in [0.25, 0.3) is 0 Å². The van der Waals surface area contributed by atoms with Crippen molar-refractivity contribution in [2.24, 2.45) is 5.73 Å². The lowest BCUT2D eigenvalue weighted by Gasteiger charge is -2.24. The maximum absolute atomic E-state index is 11.4. The molecule has 1 heterocycles. The Balaban J connectivity index is 2.46. The molecule has 2 rings (SSSR count). The van der Waals surface area contributed by atoms with Crippen LogP contribution in [0.15, 0.2) is 23.1 Å². The van der Waals surface area contributed by atoms with Gasteiger partial charge in [0.1, 0.15) is 0 Å². The number of hydrogen-bond acceptors (Lipinski definition) is 4. The molecule has 4 heteroatoms. The van der Waals surface area contributed by atoms with Crippen LogP contribution in [0.2, 0.25) is 0 Å². The summed E-state index contributed by atoms with van der Waals surface area (Å²) in [6.07, 6.45) is 0. The van der Waals surface area contributed by atoms with Crippen LogP contribution in [-0.2, 0) is 11.3 Å². The highest BCUT2D eigenvalue weighted by Crippen LogP contribution is 2.36. The molecular formula is C10H12N2OS. The summed E-state index contributed by atoms with van der Waals surface area (Å²) in [6.45, 7) is 2.36. The second-order valence-corrected chi connectivity index (χ2v) is 4.33. The molecule has 0 saturated carbocycles. The van der Waals surface area contributed by atoms with Gasteiger partial charge in [0, 0.05) is 11.4 Å². The third-order valence-corrected chi connectivity index (χ3v) is 3.37. The van der Waals surface area contributed by atoms with Gasteiger partial charge in [0.2, 0.25) is 5.12 Å². The Morgan fingerprint density at radius 1 is 1.57 bits per heavy atom. The highest BCUT2D eigenvalue weighted by atomic mass is 32.2. The fourth-order valence-corrected chi connectivity index (χ4v) is 2.36.